The molecule has 1 aromatic carbocycles. The molecule has 4 rings (SSSR count). The number of aromatic amines is 2. The lowest BCUT2D eigenvalue weighted by Gasteiger charge is -2.06. The van der Waals surface area contributed by atoms with Crippen LogP contribution in [0, 0.1) is 6.92 Å². The molecule has 3 N–H and O–H groups in total. The van der Waals surface area contributed by atoms with Gasteiger partial charge in [-0.15, -0.1) is 0 Å². The Kier molecular flexibility index (Phi) is 3.31. The van der Waals surface area contributed by atoms with Gasteiger partial charge in [0, 0.05) is 6.20 Å². The molecule has 0 radical (unpaired) electrons. The highest BCUT2D eigenvalue weighted by Gasteiger charge is 2.16. The van der Waals surface area contributed by atoms with E-state index in [2.05, 4.69) is 30.5 Å². The third kappa shape index (κ3) is 2.41. The predicted octanol–water partition coefficient (Wildman–Crippen LogP) is 2.91. The van der Waals surface area contributed by atoms with Crippen molar-refractivity contribution in [1.29, 1.82) is 0 Å². The number of aromatic nitrogens is 5. The smallest absolute Gasteiger partial charge is 0.258 e. The fourth-order valence-electron chi connectivity index (χ4n) is 2.62. The summed E-state index contributed by atoms with van der Waals surface area (Å²) in [6.45, 7) is 1.86. The molecular formula is C17H14N6O. The second-order valence-electron chi connectivity index (χ2n) is 5.35. The molecule has 0 bridgehead atoms. The molecular weight excluding hydrogens is 304 g/mol. The van der Waals surface area contributed by atoms with Gasteiger partial charge < -0.3 is 10.3 Å². The summed E-state index contributed by atoms with van der Waals surface area (Å²) in [5, 5.41) is 9.76. The molecule has 7 heteroatoms. The maximum absolute atomic E-state index is 12.7. The number of nitrogens with zero attached hydrogens (tertiary/aromatic N) is 3. The molecule has 0 saturated carbocycles. The molecule has 0 aliphatic heterocycles. The molecule has 3 aromatic heterocycles. The second kappa shape index (κ2) is 5.62. The maximum atomic E-state index is 12.7. The number of para-hydroxylation sites is 1. The van der Waals surface area contributed by atoms with Gasteiger partial charge in [0.2, 0.25) is 0 Å². The number of H-pyrrole nitrogens is 2. The number of anilines is 1. The highest BCUT2D eigenvalue weighted by atomic mass is 16.1. The lowest BCUT2D eigenvalue weighted by atomic mass is 10.1. The van der Waals surface area contributed by atoms with E-state index in [4.69, 9.17) is 0 Å². The first-order valence-electron chi connectivity index (χ1n) is 7.44. The minimum absolute atomic E-state index is 0.245. The quantitative estimate of drug-likeness (QED) is 0.541. The molecule has 3 heterocycles. The lowest BCUT2D eigenvalue weighted by Crippen LogP contribution is -2.12. The van der Waals surface area contributed by atoms with E-state index in [9.17, 15) is 4.79 Å². The number of hydrogen-bond donors (Lipinski definition) is 3. The van der Waals surface area contributed by atoms with Gasteiger partial charge in [-0.25, -0.2) is 4.98 Å². The van der Waals surface area contributed by atoms with Crippen LogP contribution in [0.15, 0.2) is 48.8 Å². The number of carbonyl (C=O) groups is 1. The van der Waals surface area contributed by atoms with Gasteiger partial charge in [-0.3, -0.25) is 14.9 Å². The van der Waals surface area contributed by atoms with Crippen molar-refractivity contribution >= 4 is 22.6 Å². The minimum Gasteiger partial charge on any atom is -0.342 e. The largest absolute Gasteiger partial charge is 0.342 e. The molecule has 24 heavy (non-hydrogen) atoms. The summed E-state index contributed by atoms with van der Waals surface area (Å²) >= 11 is 0. The molecule has 7 nitrogen and oxygen atoms in total. The lowest BCUT2D eigenvalue weighted by molar-refractivity contribution is 0.102. The standard InChI is InChI=1S/C17H14N6O/c1-10-20-13-7-4-5-11(15(13)21-10)17(24)22-14-9-19-23-16(14)12-6-2-3-8-18-12/h2-9H,1H3,(H,19,23)(H,20,21)(H,22,24). The zero-order chi connectivity index (χ0) is 16.5. The number of carbonyl (C=O) groups excluding carboxylic acids is 1. The van der Waals surface area contributed by atoms with Crippen LogP contribution in [0.25, 0.3) is 22.4 Å². The van der Waals surface area contributed by atoms with Crippen LogP contribution < -0.4 is 5.32 Å². The van der Waals surface area contributed by atoms with E-state index >= 15 is 0 Å². The summed E-state index contributed by atoms with van der Waals surface area (Å²) < 4.78 is 0. The van der Waals surface area contributed by atoms with Crippen LogP contribution in [0.2, 0.25) is 0 Å². The molecule has 0 atom stereocenters. The van der Waals surface area contributed by atoms with Crippen molar-refractivity contribution in [3.8, 4) is 11.4 Å². The Morgan fingerprint density at radius 2 is 2.08 bits per heavy atom. The Morgan fingerprint density at radius 1 is 1.17 bits per heavy atom. The number of amides is 1. The monoisotopic (exact) mass is 318 g/mol. The molecule has 4 aromatic rings. The average Bonchev–Trinajstić information content (AvgIpc) is 3.20. The molecule has 0 spiro atoms. The number of benzene rings is 1. The van der Waals surface area contributed by atoms with E-state index in [1.54, 1.807) is 18.5 Å². The van der Waals surface area contributed by atoms with Crippen molar-refractivity contribution in [3.63, 3.8) is 0 Å². The van der Waals surface area contributed by atoms with E-state index < -0.39 is 0 Å². The Labute approximate surface area is 137 Å². The highest BCUT2D eigenvalue weighted by Crippen LogP contribution is 2.24. The van der Waals surface area contributed by atoms with E-state index in [1.165, 1.54) is 0 Å². The van der Waals surface area contributed by atoms with Gasteiger partial charge in [-0.2, -0.15) is 5.10 Å². The van der Waals surface area contributed by atoms with Crippen LogP contribution >= 0.6 is 0 Å². The van der Waals surface area contributed by atoms with Gasteiger partial charge in [0.25, 0.3) is 5.91 Å². The topological polar surface area (TPSA) is 99.3 Å². The molecule has 0 fully saturated rings. The van der Waals surface area contributed by atoms with E-state index in [1.807, 2.05) is 37.3 Å². The molecule has 118 valence electrons. The van der Waals surface area contributed by atoms with Crippen molar-refractivity contribution in [2.24, 2.45) is 0 Å². The highest BCUT2D eigenvalue weighted by molar-refractivity contribution is 6.12. The van der Waals surface area contributed by atoms with E-state index in [-0.39, 0.29) is 5.91 Å². The summed E-state index contributed by atoms with van der Waals surface area (Å²) in [6, 6.07) is 11.0. The fraction of sp³-hybridized carbons (Fsp3) is 0.0588. The first-order valence-corrected chi connectivity index (χ1v) is 7.44. The molecule has 0 aliphatic carbocycles. The summed E-state index contributed by atoms with van der Waals surface area (Å²) in [4.78, 5) is 24.5. The minimum atomic E-state index is -0.245. The maximum Gasteiger partial charge on any atom is 0.258 e. The first kappa shape index (κ1) is 14.1. The molecule has 1 amide bonds. The second-order valence-corrected chi connectivity index (χ2v) is 5.35. The van der Waals surface area contributed by atoms with Crippen LogP contribution in [-0.4, -0.2) is 31.1 Å². The third-order valence-corrected chi connectivity index (χ3v) is 3.68. The van der Waals surface area contributed by atoms with Gasteiger partial charge in [0.15, 0.2) is 0 Å². The van der Waals surface area contributed by atoms with Gasteiger partial charge >= 0.3 is 0 Å². The van der Waals surface area contributed by atoms with Crippen LogP contribution in [0.5, 0.6) is 0 Å². The first-order chi connectivity index (χ1) is 11.7. The Bertz CT molecular complexity index is 1020. The summed E-state index contributed by atoms with van der Waals surface area (Å²) in [6.07, 6.45) is 3.26. The fourth-order valence-corrected chi connectivity index (χ4v) is 2.62. The SMILES string of the molecule is Cc1nc2c(C(=O)Nc3cn[nH]c3-c3ccccn3)cccc2[nH]1. The number of fused-ring (bicyclic) bond motifs is 1. The van der Waals surface area contributed by atoms with E-state index in [0.717, 1.165) is 11.3 Å². The summed E-state index contributed by atoms with van der Waals surface area (Å²) in [7, 11) is 0. The number of pyridine rings is 1. The normalized spacial score (nSPS) is 10.9. The van der Waals surface area contributed by atoms with Crippen LogP contribution in [-0.2, 0) is 0 Å². The number of imidazole rings is 1. The molecule has 0 saturated heterocycles. The Morgan fingerprint density at radius 3 is 2.92 bits per heavy atom. The van der Waals surface area contributed by atoms with Gasteiger partial charge in [0.05, 0.1) is 28.7 Å². The van der Waals surface area contributed by atoms with Gasteiger partial charge in [-0.1, -0.05) is 12.1 Å². The van der Waals surface area contributed by atoms with Gasteiger partial charge in [0.1, 0.15) is 17.0 Å². The van der Waals surface area contributed by atoms with Crippen molar-refractivity contribution in [2.75, 3.05) is 5.32 Å². The van der Waals surface area contributed by atoms with Crippen molar-refractivity contribution in [3.05, 3.63) is 60.2 Å². The zero-order valence-electron chi connectivity index (χ0n) is 12.9. The summed E-state index contributed by atoms with van der Waals surface area (Å²) in [5.74, 6) is 0.522. The van der Waals surface area contributed by atoms with Crippen LogP contribution in [0.1, 0.15) is 16.2 Å². The molecule has 0 aliphatic rings. The predicted molar refractivity (Wildman–Crippen MR) is 90.6 cm³/mol. The zero-order valence-corrected chi connectivity index (χ0v) is 12.9. The number of rotatable bonds is 3. The van der Waals surface area contributed by atoms with Gasteiger partial charge in [-0.05, 0) is 31.2 Å². The van der Waals surface area contributed by atoms with E-state index in [0.29, 0.717) is 28.2 Å². The Balaban J connectivity index is 1.69. The number of nitrogens with one attached hydrogen (secondary N) is 3. The summed E-state index contributed by atoms with van der Waals surface area (Å²) in [5.41, 5.74) is 3.93. The van der Waals surface area contributed by atoms with Crippen LogP contribution in [0.3, 0.4) is 0 Å². The third-order valence-electron chi connectivity index (χ3n) is 3.68. The Hall–Kier alpha value is -3.48. The number of aryl methyl sites for hydroxylation is 1. The average molecular weight is 318 g/mol. The van der Waals surface area contributed by atoms with Crippen molar-refractivity contribution in [2.45, 2.75) is 6.92 Å². The molecule has 0 unspecified atom stereocenters. The van der Waals surface area contributed by atoms with Crippen molar-refractivity contribution < 1.29 is 4.79 Å². The number of hydrogen-bond acceptors (Lipinski definition) is 4. The van der Waals surface area contributed by atoms with Crippen molar-refractivity contribution in [1.82, 2.24) is 25.1 Å². The van der Waals surface area contributed by atoms with Crippen LogP contribution in [0.4, 0.5) is 5.69 Å².